The van der Waals surface area contributed by atoms with Crippen LogP contribution in [0.4, 0.5) is 0 Å². The molecule has 124 valence electrons. The van der Waals surface area contributed by atoms with E-state index in [0.717, 1.165) is 21.7 Å². The molecule has 24 heavy (non-hydrogen) atoms. The second kappa shape index (κ2) is 6.35. The number of carbonyl (C=O) groups is 2. The van der Waals surface area contributed by atoms with Crippen LogP contribution in [0.25, 0.3) is 21.7 Å². The number of carbonyl (C=O) groups excluding carboxylic acids is 1. The summed E-state index contributed by atoms with van der Waals surface area (Å²) in [5, 5.41) is 11.8. The molecule has 3 aromatic rings. The van der Waals surface area contributed by atoms with Gasteiger partial charge in [0.2, 0.25) is 0 Å². The Morgan fingerprint density at radius 2 is 1.88 bits per heavy atom. The summed E-state index contributed by atoms with van der Waals surface area (Å²) in [4.78, 5) is 25.0. The average Bonchev–Trinajstić information content (AvgIpc) is 2.92. The van der Waals surface area contributed by atoms with Crippen molar-refractivity contribution in [1.82, 2.24) is 4.90 Å². The van der Waals surface area contributed by atoms with Crippen molar-refractivity contribution in [2.45, 2.75) is 20.3 Å². The lowest BCUT2D eigenvalue weighted by Gasteiger charge is -2.18. The fourth-order valence-electron chi connectivity index (χ4n) is 2.93. The number of benzene rings is 2. The highest BCUT2D eigenvalue weighted by Crippen LogP contribution is 2.32. The first-order chi connectivity index (χ1) is 11.5. The zero-order valence-electron chi connectivity index (χ0n) is 13.7. The number of aliphatic carboxylic acids is 1. The van der Waals surface area contributed by atoms with E-state index in [9.17, 15) is 9.59 Å². The van der Waals surface area contributed by atoms with Crippen molar-refractivity contribution < 1.29 is 19.1 Å². The number of furan rings is 1. The minimum atomic E-state index is -0.923. The van der Waals surface area contributed by atoms with E-state index in [1.54, 1.807) is 0 Å². The summed E-state index contributed by atoms with van der Waals surface area (Å²) in [6.45, 7) is 4.29. The van der Waals surface area contributed by atoms with E-state index in [1.165, 1.54) is 4.90 Å². The first-order valence-electron chi connectivity index (χ1n) is 7.94. The first-order valence-corrected chi connectivity index (χ1v) is 7.94. The molecule has 0 atom stereocenters. The van der Waals surface area contributed by atoms with Gasteiger partial charge >= 0.3 is 5.97 Å². The average molecular weight is 325 g/mol. The van der Waals surface area contributed by atoms with Crippen LogP contribution in [0.3, 0.4) is 0 Å². The van der Waals surface area contributed by atoms with E-state index >= 15 is 0 Å². The van der Waals surface area contributed by atoms with Gasteiger partial charge in [-0.1, -0.05) is 36.4 Å². The van der Waals surface area contributed by atoms with Crippen LogP contribution >= 0.6 is 0 Å². The summed E-state index contributed by atoms with van der Waals surface area (Å²) in [6, 6.07) is 11.8. The zero-order chi connectivity index (χ0) is 17.3. The minimum absolute atomic E-state index is 0.0816. The van der Waals surface area contributed by atoms with Crippen molar-refractivity contribution in [3.63, 3.8) is 0 Å². The number of fused-ring (bicyclic) bond motifs is 3. The fourth-order valence-corrected chi connectivity index (χ4v) is 2.93. The van der Waals surface area contributed by atoms with Gasteiger partial charge in [0.25, 0.3) is 5.91 Å². The molecule has 0 fully saturated rings. The molecular weight excluding hydrogens is 306 g/mol. The van der Waals surface area contributed by atoms with Crippen LogP contribution < -0.4 is 0 Å². The third-order valence-corrected chi connectivity index (χ3v) is 4.29. The van der Waals surface area contributed by atoms with E-state index in [1.807, 2.05) is 50.2 Å². The van der Waals surface area contributed by atoms with Gasteiger partial charge in [-0.05, 0) is 19.2 Å². The molecule has 0 saturated carbocycles. The van der Waals surface area contributed by atoms with Gasteiger partial charge in [0, 0.05) is 29.4 Å². The van der Waals surface area contributed by atoms with E-state index in [2.05, 4.69) is 0 Å². The molecule has 0 radical (unpaired) electrons. The van der Waals surface area contributed by atoms with Crippen LogP contribution in [0.2, 0.25) is 0 Å². The number of aryl methyl sites for hydroxylation is 1. The quantitative estimate of drug-likeness (QED) is 0.774. The largest absolute Gasteiger partial charge is 0.481 e. The molecule has 0 aliphatic carbocycles. The first kappa shape index (κ1) is 16.1. The molecule has 1 amide bonds. The Hall–Kier alpha value is -2.82. The second-order valence-corrected chi connectivity index (χ2v) is 5.75. The van der Waals surface area contributed by atoms with Gasteiger partial charge in [-0.15, -0.1) is 0 Å². The van der Waals surface area contributed by atoms with Crippen LogP contribution in [0, 0.1) is 6.92 Å². The lowest BCUT2D eigenvalue weighted by atomic mass is 10.1. The number of rotatable bonds is 5. The number of amides is 1. The second-order valence-electron chi connectivity index (χ2n) is 5.75. The molecule has 0 saturated heterocycles. The van der Waals surface area contributed by atoms with Crippen molar-refractivity contribution in [2.75, 3.05) is 13.1 Å². The molecule has 0 bridgehead atoms. The topological polar surface area (TPSA) is 70.8 Å². The molecule has 0 aliphatic heterocycles. The predicted molar refractivity (Wildman–Crippen MR) is 92.3 cm³/mol. The number of nitrogens with zero attached hydrogens (tertiary/aromatic N) is 1. The maximum absolute atomic E-state index is 12.8. The molecular formula is C19H19NO4. The summed E-state index contributed by atoms with van der Waals surface area (Å²) in [5.41, 5.74) is 1.48. The third kappa shape index (κ3) is 2.73. The van der Waals surface area contributed by atoms with Gasteiger partial charge < -0.3 is 14.4 Å². The van der Waals surface area contributed by atoms with Gasteiger partial charge in [-0.3, -0.25) is 9.59 Å². The maximum atomic E-state index is 12.8. The number of hydrogen-bond donors (Lipinski definition) is 1. The van der Waals surface area contributed by atoms with Crippen LogP contribution in [0.1, 0.15) is 29.5 Å². The Bertz CT molecular complexity index is 926. The van der Waals surface area contributed by atoms with Crippen LogP contribution in [0.5, 0.6) is 0 Å². The van der Waals surface area contributed by atoms with Gasteiger partial charge in [0.05, 0.1) is 6.42 Å². The molecule has 5 heteroatoms. The molecule has 0 spiro atoms. The Morgan fingerprint density at radius 3 is 2.58 bits per heavy atom. The lowest BCUT2D eigenvalue weighted by Crippen LogP contribution is -2.32. The standard InChI is InChI=1S/C19H19NO4/c1-3-20(11-10-16(21)22)19(23)17-12(2)14-9-8-13-6-4-5-7-15(13)18(14)24-17/h4-9H,3,10-11H2,1-2H3,(H,21,22). The molecule has 1 heterocycles. The van der Waals surface area contributed by atoms with Crippen molar-refractivity contribution in [3.05, 3.63) is 47.7 Å². The molecule has 0 unspecified atom stereocenters. The molecule has 1 N–H and O–H groups in total. The molecule has 1 aromatic heterocycles. The monoisotopic (exact) mass is 325 g/mol. The third-order valence-electron chi connectivity index (χ3n) is 4.29. The molecule has 0 aliphatic rings. The van der Waals surface area contributed by atoms with E-state index in [0.29, 0.717) is 12.1 Å². The van der Waals surface area contributed by atoms with Gasteiger partial charge in [-0.2, -0.15) is 0 Å². The Labute approximate surface area is 139 Å². The van der Waals surface area contributed by atoms with E-state index in [4.69, 9.17) is 9.52 Å². The molecule has 2 aromatic carbocycles. The van der Waals surface area contributed by atoms with Gasteiger partial charge in [0.1, 0.15) is 5.58 Å². The Morgan fingerprint density at radius 1 is 1.12 bits per heavy atom. The summed E-state index contributed by atoms with van der Waals surface area (Å²) in [7, 11) is 0. The number of carboxylic acids is 1. The number of hydrogen-bond acceptors (Lipinski definition) is 3. The van der Waals surface area contributed by atoms with E-state index in [-0.39, 0.29) is 24.6 Å². The van der Waals surface area contributed by atoms with Crippen LogP contribution in [0.15, 0.2) is 40.8 Å². The normalized spacial score (nSPS) is 11.1. The van der Waals surface area contributed by atoms with Gasteiger partial charge in [-0.25, -0.2) is 0 Å². The van der Waals surface area contributed by atoms with Crippen molar-refractivity contribution in [1.29, 1.82) is 0 Å². The highest BCUT2D eigenvalue weighted by Gasteiger charge is 2.23. The lowest BCUT2D eigenvalue weighted by molar-refractivity contribution is -0.137. The van der Waals surface area contributed by atoms with E-state index < -0.39 is 5.97 Å². The summed E-state index contributed by atoms with van der Waals surface area (Å²) in [6.07, 6.45) is -0.0816. The minimum Gasteiger partial charge on any atom is -0.481 e. The molecule has 5 nitrogen and oxygen atoms in total. The van der Waals surface area contributed by atoms with Crippen molar-refractivity contribution >= 4 is 33.6 Å². The highest BCUT2D eigenvalue weighted by atomic mass is 16.4. The Kier molecular flexibility index (Phi) is 4.25. The number of carboxylic acid groups (broad SMARTS) is 1. The Balaban J connectivity index is 2.05. The molecule has 3 rings (SSSR count). The summed E-state index contributed by atoms with van der Waals surface area (Å²) < 4.78 is 5.92. The van der Waals surface area contributed by atoms with Gasteiger partial charge in [0.15, 0.2) is 5.76 Å². The maximum Gasteiger partial charge on any atom is 0.305 e. The zero-order valence-corrected chi connectivity index (χ0v) is 13.7. The van der Waals surface area contributed by atoms with Crippen LogP contribution in [-0.2, 0) is 4.79 Å². The van der Waals surface area contributed by atoms with Crippen molar-refractivity contribution in [2.24, 2.45) is 0 Å². The highest BCUT2D eigenvalue weighted by molar-refractivity contribution is 6.08. The smallest absolute Gasteiger partial charge is 0.305 e. The fraction of sp³-hybridized carbons (Fsp3) is 0.263. The van der Waals surface area contributed by atoms with Crippen molar-refractivity contribution in [3.8, 4) is 0 Å². The van der Waals surface area contributed by atoms with Crippen LogP contribution in [-0.4, -0.2) is 35.0 Å². The predicted octanol–water partition coefficient (Wildman–Crippen LogP) is 3.83. The SMILES string of the molecule is CCN(CCC(=O)O)C(=O)c1oc2c(ccc3ccccc32)c1C. The summed E-state index contributed by atoms with van der Waals surface area (Å²) >= 11 is 0. The summed E-state index contributed by atoms with van der Waals surface area (Å²) in [5.74, 6) is -0.904.